The Kier molecular flexibility index (Phi) is 12.8. The third-order valence-corrected chi connectivity index (χ3v) is 8.57. The molecule has 0 unspecified atom stereocenters. The fraction of sp³-hybridized carbons (Fsp3) is 0.378. The van der Waals surface area contributed by atoms with Crippen LogP contribution in [0.5, 0.6) is 5.75 Å². The molecule has 4 aromatic rings. The number of carbonyl (C=O) groups excluding carboxylic acids is 1. The van der Waals surface area contributed by atoms with Gasteiger partial charge in [-0.2, -0.15) is 0 Å². The smallest absolute Gasteiger partial charge is 0.415 e. The van der Waals surface area contributed by atoms with Gasteiger partial charge in [0.2, 0.25) is 0 Å². The van der Waals surface area contributed by atoms with Crippen LogP contribution in [-0.2, 0) is 25.8 Å². The van der Waals surface area contributed by atoms with Crippen molar-refractivity contribution in [3.05, 3.63) is 120 Å². The van der Waals surface area contributed by atoms with Gasteiger partial charge >= 0.3 is 12.2 Å². The van der Waals surface area contributed by atoms with Gasteiger partial charge in [-0.1, -0.05) is 24.3 Å². The van der Waals surface area contributed by atoms with Crippen LogP contribution in [-0.4, -0.2) is 111 Å². The molecule has 6 rings (SSSR count). The summed E-state index contributed by atoms with van der Waals surface area (Å²) >= 11 is 0. The van der Waals surface area contributed by atoms with Crippen LogP contribution >= 0.6 is 0 Å². The lowest BCUT2D eigenvalue weighted by Crippen LogP contribution is -2.49. The van der Waals surface area contributed by atoms with Crippen LogP contribution in [0.1, 0.15) is 28.2 Å². The Balaban J connectivity index is 0.000000236. The second-order valence-corrected chi connectivity index (χ2v) is 12.1. The highest BCUT2D eigenvalue weighted by Crippen LogP contribution is 2.16. The molecule has 252 valence electrons. The number of aromatic nitrogens is 3. The van der Waals surface area contributed by atoms with Crippen LogP contribution in [0.25, 0.3) is 0 Å². The maximum Gasteiger partial charge on any atom is 0.415 e. The first-order valence-corrected chi connectivity index (χ1v) is 16.6. The highest BCUT2D eigenvalue weighted by molar-refractivity contribution is 5.70. The van der Waals surface area contributed by atoms with Crippen molar-refractivity contribution < 1.29 is 19.4 Å². The van der Waals surface area contributed by atoms with Crippen LogP contribution in [0.2, 0.25) is 0 Å². The summed E-state index contributed by atoms with van der Waals surface area (Å²) in [6.07, 6.45) is 7.10. The number of benzene rings is 1. The standard InChI is InChI=1S/C26H30N4O2.C11H15N3O2/c1-21-11-14-28-24(20-21)8-5-22-6-9-25(10-7-22)32-26(31)30-18-16-29(17-19-30)15-12-23-4-2-3-13-27-23;15-11(16)14-7-5-13(6-8-14)9-10-3-1-2-4-12-10/h2-4,6-7,9-11,13-14,20H,5,8,12,15-19H2,1H3;1-4H,5-9H2,(H,15,16). The lowest BCUT2D eigenvalue weighted by molar-refractivity contribution is 0.102. The predicted molar refractivity (Wildman–Crippen MR) is 184 cm³/mol. The number of piperazine rings is 2. The zero-order valence-corrected chi connectivity index (χ0v) is 27.7. The van der Waals surface area contributed by atoms with E-state index in [2.05, 4.69) is 43.8 Å². The molecule has 0 saturated carbocycles. The van der Waals surface area contributed by atoms with Crippen molar-refractivity contribution >= 4 is 12.2 Å². The summed E-state index contributed by atoms with van der Waals surface area (Å²) in [6, 6.07) is 23.8. The summed E-state index contributed by atoms with van der Waals surface area (Å²) in [5.74, 6) is 0.588. The normalized spacial score (nSPS) is 15.4. The highest BCUT2D eigenvalue weighted by Gasteiger charge is 2.23. The summed E-state index contributed by atoms with van der Waals surface area (Å²) in [4.78, 5) is 44.1. The molecule has 48 heavy (non-hydrogen) atoms. The van der Waals surface area contributed by atoms with Gasteiger partial charge in [-0.05, 0) is 79.4 Å². The molecule has 2 saturated heterocycles. The molecule has 2 aliphatic heterocycles. The molecule has 11 nitrogen and oxygen atoms in total. The zero-order chi connectivity index (χ0) is 33.6. The third-order valence-electron chi connectivity index (χ3n) is 8.57. The van der Waals surface area contributed by atoms with Gasteiger partial charge in [-0.15, -0.1) is 0 Å². The number of amides is 2. The molecular weight excluding hydrogens is 606 g/mol. The Morgan fingerprint density at radius 3 is 1.92 bits per heavy atom. The summed E-state index contributed by atoms with van der Waals surface area (Å²) in [7, 11) is 0. The highest BCUT2D eigenvalue weighted by atomic mass is 16.6. The van der Waals surface area contributed by atoms with E-state index < -0.39 is 6.09 Å². The summed E-state index contributed by atoms with van der Waals surface area (Å²) in [5.41, 5.74) is 5.67. The fourth-order valence-electron chi connectivity index (χ4n) is 5.69. The maximum atomic E-state index is 12.5. The molecule has 1 aromatic carbocycles. The number of nitrogens with zero attached hydrogens (tertiary/aromatic N) is 7. The van der Waals surface area contributed by atoms with Crippen LogP contribution in [0.4, 0.5) is 9.59 Å². The minimum Gasteiger partial charge on any atom is -0.465 e. The predicted octanol–water partition coefficient (Wildman–Crippen LogP) is 4.81. The van der Waals surface area contributed by atoms with Crippen molar-refractivity contribution in [3.63, 3.8) is 0 Å². The second kappa shape index (κ2) is 17.9. The zero-order valence-electron chi connectivity index (χ0n) is 27.7. The SMILES string of the molecule is Cc1ccnc(CCc2ccc(OC(=O)N3CCN(CCc4ccccn4)CC3)cc2)c1.O=C(O)N1CCN(Cc2ccccn2)CC1. The number of carbonyl (C=O) groups is 2. The Hall–Kier alpha value is -4.87. The van der Waals surface area contributed by atoms with E-state index >= 15 is 0 Å². The van der Waals surface area contributed by atoms with E-state index in [9.17, 15) is 9.59 Å². The van der Waals surface area contributed by atoms with Gasteiger partial charge in [0, 0.05) is 102 Å². The minimum atomic E-state index is -0.822. The van der Waals surface area contributed by atoms with E-state index in [-0.39, 0.29) is 6.09 Å². The Labute approximate surface area is 282 Å². The first kappa shape index (κ1) is 34.5. The molecule has 2 amide bonds. The summed E-state index contributed by atoms with van der Waals surface area (Å²) in [5, 5.41) is 8.81. The van der Waals surface area contributed by atoms with Gasteiger partial charge in [-0.3, -0.25) is 24.8 Å². The molecule has 0 radical (unpaired) electrons. The van der Waals surface area contributed by atoms with Crippen molar-refractivity contribution in [1.82, 2.24) is 34.6 Å². The van der Waals surface area contributed by atoms with Gasteiger partial charge in [0.25, 0.3) is 0 Å². The van der Waals surface area contributed by atoms with Crippen molar-refractivity contribution in [1.29, 1.82) is 0 Å². The monoisotopic (exact) mass is 651 g/mol. The number of aryl methyl sites for hydroxylation is 3. The van der Waals surface area contributed by atoms with Crippen LogP contribution in [0, 0.1) is 6.92 Å². The molecular formula is C37H45N7O4. The van der Waals surface area contributed by atoms with Gasteiger partial charge in [0.1, 0.15) is 5.75 Å². The van der Waals surface area contributed by atoms with Gasteiger partial charge in [0.05, 0.1) is 5.69 Å². The van der Waals surface area contributed by atoms with Gasteiger partial charge in [-0.25, -0.2) is 9.59 Å². The van der Waals surface area contributed by atoms with Crippen molar-refractivity contribution in [2.45, 2.75) is 32.7 Å². The maximum absolute atomic E-state index is 12.5. The molecule has 1 N–H and O–H groups in total. The second-order valence-electron chi connectivity index (χ2n) is 12.1. The molecule has 0 spiro atoms. The van der Waals surface area contributed by atoms with Crippen LogP contribution in [0.15, 0.2) is 91.4 Å². The first-order chi connectivity index (χ1) is 23.4. The molecule has 0 aliphatic carbocycles. The van der Waals surface area contributed by atoms with Crippen LogP contribution < -0.4 is 4.74 Å². The molecule has 0 bridgehead atoms. The Bertz CT molecular complexity index is 1560. The molecule has 0 atom stereocenters. The number of rotatable bonds is 9. The molecule has 2 aliphatic rings. The molecule has 11 heteroatoms. The average Bonchev–Trinajstić information content (AvgIpc) is 3.12. The van der Waals surface area contributed by atoms with Crippen LogP contribution in [0.3, 0.4) is 0 Å². The topological polar surface area (TPSA) is 115 Å². The van der Waals surface area contributed by atoms with Crippen molar-refractivity contribution in [3.8, 4) is 5.75 Å². The summed E-state index contributed by atoms with van der Waals surface area (Å²) in [6.45, 7) is 9.65. The molecule has 3 aromatic heterocycles. The Morgan fingerprint density at radius 2 is 1.29 bits per heavy atom. The van der Waals surface area contributed by atoms with E-state index in [1.807, 2.05) is 73.1 Å². The first-order valence-electron chi connectivity index (χ1n) is 16.6. The van der Waals surface area contributed by atoms with Gasteiger partial charge < -0.3 is 19.6 Å². The largest absolute Gasteiger partial charge is 0.465 e. The molecule has 2 fully saturated rings. The molecule has 5 heterocycles. The lowest BCUT2D eigenvalue weighted by Gasteiger charge is -2.33. The van der Waals surface area contributed by atoms with Crippen molar-refractivity contribution in [2.75, 3.05) is 58.9 Å². The average molecular weight is 652 g/mol. The minimum absolute atomic E-state index is 0.272. The third kappa shape index (κ3) is 11.1. The van der Waals surface area contributed by atoms with E-state index in [4.69, 9.17) is 9.84 Å². The van der Waals surface area contributed by atoms with E-state index in [1.54, 1.807) is 11.1 Å². The van der Waals surface area contributed by atoms with Gasteiger partial charge in [0.15, 0.2) is 0 Å². The quantitative estimate of drug-likeness (QED) is 0.272. The van der Waals surface area contributed by atoms with E-state index in [0.717, 1.165) is 75.6 Å². The number of ether oxygens (including phenoxy) is 1. The Morgan fingerprint density at radius 1 is 0.667 bits per heavy atom. The van der Waals surface area contributed by atoms with E-state index in [1.165, 1.54) is 16.0 Å². The number of carboxylic acid groups (broad SMARTS) is 1. The van der Waals surface area contributed by atoms with Crippen molar-refractivity contribution in [2.24, 2.45) is 0 Å². The van der Waals surface area contributed by atoms with E-state index in [0.29, 0.717) is 31.9 Å². The number of pyridine rings is 3. The summed E-state index contributed by atoms with van der Waals surface area (Å²) < 4.78 is 5.60. The lowest BCUT2D eigenvalue weighted by atomic mass is 10.1. The number of hydrogen-bond acceptors (Lipinski definition) is 8. The number of hydrogen-bond donors (Lipinski definition) is 1. The fourth-order valence-corrected chi connectivity index (χ4v) is 5.69.